The number of esters is 1. The van der Waals surface area contributed by atoms with Gasteiger partial charge in [-0.25, -0.2) is 4.79 Å². The fourth-order valence-electron chi connectivity index (χ4n) is 2.16. The number of hydrogen-bond donors (Lipinski definition) is 2. The first-order chi connectivity index (χ1) is 9.11. The van der Waals surface area contributed by atoms with E-state index in [0.29, 0.717) is 17.8 Å². The standard InChI is InChI=1S/C14H18N2O3/c1-9-3-4-12(11(7-9)14(18)19-2)16-13(17)10-5-6-15-8-10/h3-4,7,10,15H,5-6,8H2,1-2H3,(H,16,17). The van der Waals surface area contributed by atoms with E-state index in [0.717, 1.165) is 18.5 Å². The van der Waals surface area contributed by atoms with Crippen LogP contribution in [0, 0.1) is 12.8 Å². The van der Waals surface area contributed by atoms with E-state index in [-0.39, 0.29) is 11.8 Å². The van der Waals surface area contributed by atoms with Gasteiger partial charge in [0, 0.05) is 6.54 Å². The first kappa shape index (κ1) is 13.5. The Balaban J connectivity index is 2.19. The van der Waals surface area contributed by atoms with Gasteiger partial charge in [-0.3, -0.25) is 4.79 Å². The smallest absolute Gasteiger partial charge is 0.339 e. The number of hydrogen-bond acceptors (Lipinski definition) is 4. The van der Waals surface area contributed by atoms with Gasteiger partial charge in [-0.15, -0.1) is 0 Å². The molecule has 1 unspecified atom stereocenters. The molecule has 5 heteroatoms. The Kier molecular flexibility index (Phi) is 4.16. The second-order valence-electron chi connectivity index (χ2n) is 4.72. The number of amides is 1. The minimum absolute atomic E-state index is 0.0354. The van der Waals surface area contributed by atoms with Crippen LogP contribution in [0.2, 0.25) is 0 Å². The summed E-state index contributed by atoms with van der Waals surface area (Å²) in [5.41, 5.74) is 1.84. The minimum Gasteiger partial charge on any atom is -0.465 e. The highest BCUT2D eigenvalue weighted by Crippen LogP contribution is 2.20. The number of methoxy groups -OCH3 is 1. The summed E-state index contributed by atoms with van der Waals surface area (Å²) in [6.45, 7) is 3.43. The summed E-state index contributed by atoms with van der Waals surface area (Å²) >= 11 is 0. The van der Waals surface area contributed by atoms with Crippen molar-refractivity contribution in [3.05, 3.63) is 29.3 Å². The number of ether oxygens (including phenoxy) is 1. The zero-order valence-electron chi connectivity index (χ0n) is 11.2. The summed E-state index contributed by atoms with van der Waals surface area (Å²) in [7, 11) is 1.33. The fourth-order valence-corrected chi connectivity index (χ4v) is 2.16. The van der Waals surface area contributed by atoms with Crippen molar-refractivity contribution in [2.75, 3.05) is 25.5 Å². The molecule has 1 aromatic carbocycles. The molecule has 19 heavy (non-hydrogen) atoms. The molecule has 0 bridgehead atoms. The van der Waals surface area contributed by atoms with E-state index in [2.05, 4.69) is 10.6 Å². The second kappa shape index (κ2) is 5.84. The van der Waals surface area contributed by atoms with Crippen LogP contribution in [0.3, 0.4) is 0 Å². The van der Waals surface area contributed by atoms with E-state index in [9.17, 15) is 9.59 Å². The van der Waals surface area contributed by atoms with E-state index in [1.165, 1.54) is 7.11 Å². The molecule has 102 valence electrons. The van der Waals surface area contributed by atoms with E-state index in [1.807, 2.05) is 13.0 Å². The summed E-state index contributed by atoms with van der Waals surface area (Å²) in [6.07, 6.45) is 0.825. The number of aryl methyl sites for hydroxylation is 1. The molecule has 1 aliphatic heterocycles. The van der Waals surface area contributed by atoms with Crippen molar-refractivity contribution < 1.29 is 14.3 Å². The molecule has 5 nitrogen and oxygen atoms in total. The molecule has 0 aromatic heterocycles. The van der Waals surface area contributed by atoms with Gasteiger partial charge in [-0.05, 0) is 32.0 Å². The topological polar surface area (TPSA) is 67.4 Å². The molecule has 0 spiro atoms. The largest absolute Gasteiger partial charge is 0.465 e. The zero-order valence-corrected chi connectivity index (χ0v) is 11.2. The summed E-state index contributed by atoms with van der Waals surface area (Å²) in [4.78, 5) is 23.8. The Labute approximate surface area is 112 Å². The van der Waals surface area contributed by atoms with E-state index < -0.39 is 5.97 Å². The summed E-state index contributed by atoms with van der Waals surface area (Å²) in [5.74, 6) is -0.533. The predicted octanol–water partition coefficient (Wildman–Crippen LogP) is 1.33. The summed E-state index contributed by atoms with van der Waals surface area (Å²) in [6, 6.07) is 5.31. The van der Waals surface area contributed by atoms with Crippen molar-refractivity contribution in [1.82, 2.24) is 5.32 Å². The maximum absolute atomic E-state index is 12.1. The number of carbonyl (C=O) groups excluding carboxylic acids is 2. The van der Waals surface area contributed by atoms with Crippen LogP contribution in [0.25, 0.3) is 0 Å². The van der Waals surface area contributed by atoms with E-state index in [4.69, 9.17) is 4.74 Å². The van der Waals surface area contributed by atoms with Crippen molar-refractivity contribution in [2.24, 2.45) is 5.92 Å². The lowest BCUT2D eigenvalue weighted by molar-refractivity contribution is -0.119. The lowest BCUT2D eigenvalue weighted by atomic mass is 10.1. The molecule has 1 atom stereocenters. The molecule has 0 saturated carbocycles. The van der Waals surface area contributed by atoms with Crippen LogP contribution in [0.5, 0.6) is 0 Å². The Morgan fingerprint density at radius 2 is 2.21 bits per heavy atom. The first-order valence-electron chi connectivity index (χ1n) is 6.32. The van der Waals surface area contributed by atoms with Gasteiger partial charge in [0.25, 0.3) is 0 Å². The third-order valence-electron chi connectivity index (χ3n) is 3.27. The molecule has 1 saturated heterocycles. The molecule has 0 aliphatic carbocycles. The van der Waals surface area contributed by atoms with Gasteiger partial charge in [-0.1, -0.05) is 11.6 Å². The number of nitrogens with one attached hydrogen (secondary N) is 2. The molecule has 1 amide bonds. The Bertz CT molecular complexity index is 493. The third-order valence-corrected chi connectivity index (χ3v) is 3.27. The normalized spacial score (nSPS) is 18.1. The quantitative estimate of drug-likeness (QED) is 0.806. The number of anilines is 1. The first-order valence-corrected chi connectivity index (χ1v) is 6.32. The average molecular weight is 262 g/mol. The molecule has 1 aromatic rings. The van der Waals surface area contributed by atoms with Crippen molar-refractivity contribution >= 4 is 17.6 Å². The van der Waals surface area contributed by atoms with E-state index in [1.54, 1.807) is 12.1 Å². The molecular weight excluding hydrogens is 244 g/mol. The van der Waals surface area contributed by atoms with Gasteiger partial charge in [-0.2, -0.15) is 0 Å². The van der Waals surface area contributed by atoms with Crippen LogP contribution in [-0.2, 0) is 9.53 Å². The van der Waals surface area contributed by atoms with Crippen molar-refractivity contribution in [2.45, 2.75) is 13.3 Å². The van der Waals surface area contributed by atoms with Gasteiger partial charge >= 0.3 is 5.97 Å². The van der Waals surface area contributed by atoms with E-state index >= 15 is 0 Å². The van der Waals surface area contributed by atoms with Crippen LogP contribution in [-0.4, -0.2) is 32.1 Å². The van der Waals surface area contributed by atoms with Crippen LogP contribution in [0.1, 0.15) is 22.3 Å². The van der Waals surface area contributed by atoms with Crippen LogP contribution in [0.4, 0.5) is 5.69 Å². The van der Waals surface area contributed by atoms with Crippen LogP contribution >= 0.6 is 0 Å². The predicted molar refractivity (Wildman–Crippen MR) is 72.1 cm³/mol. The summed E-state index contributed by atoms with van der Waals surface area (Å²) < 4.78 is 4.74. The van der Waals surface area contributed by atoms with Gasteiger partial charge in [0.15, 0.2) is 0 Å². The fraction of sp³-hybridized carbons (Fsp3) is 0.429. The highest BCUT2D eigenvalue weighted by atomic mass is 16.5. The van der Waals surface area contributed by atoms with Crippen molar-refractivity contribution in [3.8, 4) is 0 Å². The Hall–Kier alpha value is -1.88. The van der Waals surface area contributed by atoms with Gasteiger partial charge in [0.1, 0.15) is 0 Å². The molecular formula is C14H18N2O3. The minimum atomic E-state index is -0.441. The zero-order chi connectivity index (χ0) is 13.8. The lowest BCUT2D eigenvalue weighted by Crippen LogP contribution is -2.25. The molecule has 1 fully saturated rings. The van der Waals surface area contributed by atoms with Crippen LogP contribution < -0.4 is 10.6 Å². The monoisotopic (exact) mass is 262 g/mol. The molecule has 1 heterocycles. The van der Waals surface area contributed by atoms with Gasteiger partial charge in [0.2, 0.25) is 5.91 Å². The third kappa shape index (κ3) is 3.12. The maximum Gasteiger partial charge on any atom is 0.339 e. The van der Waals surface area contributed by atoms with Crippen molar-refractivity contribution in [1.29, 1.82) is 0 Å². The maximum atomic E-state index is 12.1. The second-order valence-corrected chi connectivity index (χ2v) is 4.72. The van der Waals surface area contributed by atoms with Gasteiger partial charge in [0.05, 0.1) is 24.3 Å². The number of carbonyl (C=O) groups is 2. The average Bonchev–Trinajstić information content (AvgIpc) is 2.94. The molecule has 2 N–H and O–H groups in total. The molecule has 1 aliphatic rings. The Morgan fingerprint density at radius 1 is 1.42 bits per heavy atom. The van der Waals surface area contributed by atoms with Gasteiger partial charge < -0.3 is 15.4 Å². The summed E-state index contributed by atoms with van der Waals surface area (Å²) in [5, 5.41) is 5.96. The highest BCUT2D eigenvalue weighted by molar-refractivity contribution is 6.02. The number of benzene rings is 1. The van der Waals surface area contributed by atoms with Crippen molar-refractivity contribution in [3.63, 3.8) is 0 Å². The molecule has 0 radical (unpaired) electrons. The number of rotatable bonds is 3. The SMILES string of the molecule is COC(=O)c1cc(C)ccc1NC(=O)C1CCNC1. The molecule has 2 rings (SSSR count). The highest BCUT2D eigenvalue weighted by Gasteiger charge is 2.23. The van der Waals surface area contributed by atoms with Crippen LogP contribution in [0.15, 0.2) is 18.2 Å². The Morgan fingerprint density at radius 3 is 2.84 bits per heavy atom. The lowest BCUT2D eigenvalue weighted by Gasteiger charge is -2.13.